The van der Waals surface area contributed by atoms with Crippen LogP contribution in [0.4, 0.5) is 0 Å². The Kier molecular flexibility index (Phi) is 6.80. The van der Waals surface area contributed by atoms with Crippen molar-refractivity contribution in [2.24, 2.45) is 11.3 Å². The molecule has 3 fully saturated rings. The molecule has 1 aromatic rings. The van der Waals surface area contributed by atoms with Gasteiger partial charge >= 0.3 is 0 Å². The average Bonchev–Trinajstić information content (AvgIpc) is 2.73. The molecule has 0 bridgehead atoms. The van der Waals surface area contributed by atoms with Gasteiger partial charge in [-0.25, -0.2) is 0 Å². The van der Waals surface area contributed by atoms with Gasteiger partial charge in [0.25, 0.3) is 0 Å². The highest BCUT2D eigenvalue weighted by Gasteiger charge is 2.48. The molecule has 1 N–H and O–H groups in total. The molecule has 1 aliphatic heterocycles. The zero-order valence-corrected chi connectivity index (χ0v) is 21.2. The molecule has 1 saturated heterocycles. The molecule has 2 saturated carbocycles. The molecule has 1 aromatic carbocycles. The Balaban J connectivity index is 1.27. The summed E-state index contributed by atoms with van der Waals surface area (Å²) in [4.78, 5) is 26.8. The van der Waals surface area contributed by atoms with Crippen LogP contribution in [0.15, 0.2) is 18.2 Å². The number of carbonyl (C=O) groups excluding carboxylic acids is 2. The summed E-state index contributed by atoms with van der Waals surface area (Å²) < 4.78 is 5.71. The molecule has 0 radical (unpaired) electrons. The van der Waals surface area contributed by atoms with E-state index in [1.165, 1.54) is 24.0 Å². The molecular formula is C28H42N2O3. The minimum absolute atomic E-state index is 0.101. The van der Waals surface area contributed by atoms with E-state index in [0.717, 1.165) is 50.9 Å². The highest BCUT2D eigenvalue weighted by Crippen LogP contribution is 2.58. The van der Waals surface area contributed by atoms with Gasteiger partial charge in [0.1, 0.15) is 5.75 Å². The van der Waals surface area contributed by atoms with Gasteiger partial charge in [-0.1, -0.05) is 39.8 Å². The summed E-state index contributed by atoms with van der Waals surface area (Å²) in [5, 5.41) is 3.06. The van der Waals surface area contributed by atoms with Crippen molar-refractivity contribution in [1.82, 2.24) is 10.2 Å². The number of piperidine rings is 1. The second-order valence-corrected chi connectivity index (χ2v) is 11.8. The highest BCUT2D eigenvalue weighted by atomic mass is 16.5. The van der Waals surface area contributed by atoms with Gasteiger partial charge in [0.15, 0.2) is 0 Å². The fourth-order valence-electron chi connectivity index (χ4n) is 6.06. The largest absolute Gasteiger partial charge is 0.496 e. The summed E-state index contributed by atoms with van der Waals surface area (Å²) in [6.45, 7) is 10.6. The Hall–Kier alpha value is -2.04. The van der Waals surface area contributed by atoms with Gasteiger partial charge in [-0.05, 0) is 78.9 Å². The summed E-state index contributed by atoms with van der Waals surface area (Å²) >= 11 is 0. The fourth-order valence-corrected chi connectivity index (χ4v) is 6.06. The minimum atomic E-state index is 0.101. The third-order valence-electron chi connectivity index (χ3n) is 8.36. The molecule has 33 heavy (non-hydrogen) atoms. The van der Waals surface area contributed by atoms with E-state index in [2.05, 4.69) is 49.2 Å². The quantitative estimate of drug-likeness (QED) is 0.645. The Morgan fingerprint density at radius 3 is 2.39 bits per heavy atom. The van der Waals surface area contributed by atoms with Crippen LogP contribution in [0.2, 0.25) is 0 Å². The Bertz CT molecular complexity index is 866. The zero-order valence-electron chi connectivity index (χ0n) is 21.2. The number of rotatable bonds is 6. The predicted molar refractivity (Wildman–Crippen MR) is 131 cm³/mol. The average molecular weight is 455 g/mol. The second-order valence-electron chi connectivity index (χ2n) is 11.8. The molecule has 182 valence electrons. The van der Waals surface area contributed by atoms with Crippen molar-refractivity contribution in [3.8, 4) is 5.75 Å². The number of benzene rings is 1. The van der Waals surface area contributed by atoms with Crippen LogP contribution in [0.3, 0.4) is 0 Å². The molecule has 1 spiro atoms. The van der Waals surface area contributed by atoms with E-state index in [0.29, 0.717) is 23.7 Å². The zero-order chi connectivity index (χ0) is 23.8. The van der Waals surface area contributed by atoms with Crippen LogP contribution in [0.25, 0.3) is 0 Å². The van der Waals surface area contributed by atoms with Crippen molar-refractivity contribution in [3.05, 3.63) is 29.3 Å². The number of hydrogen-bond donors (Lipinski definition) is 1. The first kappa shape index (κ1) is 24.1. The van der Waals surface area contributed by atoms with Gasteiger partial charge in [0, 0.05) is 31.5 Å². The van der Waals surface area contributed by atoms with Crippen molar-refractivity contribution in [2.45, 2.75) is 96.4 Å². The van der Waals surface area contributed by atoms with E-state index < -0.39 is 0 Å². The maximum Gasteiger partial charge on any atom is 0.225 e. The van der Waals surface area contributed by atoms with Gasteiger partial charge in [-0.2, -0.15) is 0 Å². The van der Waals surface area contributed by atoms with Crippen LogP contribution in [0, 0.1) is 11.3 Å². The summed E-state index contributed by atoms with van der Waals surface area (Å²) in [7, 11) is 1.77. The van der Waals surface area contributed by atoms with Crippen molar-refractivity contribution in [2.75, 3.05) is 20.2 Å². The number of methoxy groups -OCH3 is 1. The molecule has 5 nitrogen and oxygen atoms in total. The van der Waals surface area contributed by atoms with Crippen LogP contribution in [0.1, 0.15) is 96.1 Å². The first-order chi connectivity index (χ1) is 15.6. The molecule has 0 unspecified atom stereocenters. The number of carbonyl (C=O) groups is 2. The molecule has 2 amide bonds. The lowest BCUT2D eigenvalue weighted by Gasteiger charge is -2.53. The molecule has 0 aromatic heterocycles. The summed E-state index contributed by atoms with van der Waals surface area (Å²) in [6.07, 6.45) is 7.69. The lowest BCUT2D eigenvalue weighted by atomic mass is 9.55. The van der Waals surface area contributed by atoms with E-state index in [9.17, 15) is 9.59 Å². The second kappa shape index (κ2) is 9.31. The standard InChI is InChI=1S/C28H42N2O3/c1-6-7-25(31)29-22-14-19(15-22)26(32)30-12-10-28(11-13-30)17-20(18-28)23-16-21(27(2,3)4)8-9-24(23)33-5/h8-9,16,19-20,22H,6-7,10-15,17-18H2,1-5H3,(H,29,31)/t19-,22+. The van der Waals surface area contributed by atoms with E-state index >= 15 is 0 Å². The first-order valence-corrected chi connectivity index (χ1v) is 12.9. The van der Waals surface area contributed by atoms with E-state index in [1.54, 1.807) is 7.11 Å². The Morgan fingerprint density at radius 1 is 1.15 bits per heavy atom. The van der Waals surface area contributed by atoms with E-state index in [4.69, 9.17) is 4.74 Å². The highest BCUT2D eigenvalue weighted by molar-refractivity contribution is 5.81. The van der Waals surface area contributed by atoms with Crippen LogP contribution in [0.5, 0.6) is 5.75 Å². The maximum absolute atomic E-state index is 13.0. The molecule has 1 heterocycles. The summed E-state index contributed by atoms with van der Waals surface area (Å²) in [6, 6.07) is 6.89. The summed E-state index contributed by atoms with van der Waals surface area (Å²) in [5.74, 6) is 2.10. The van der Waals surface area contributed by atoms with Crippen LogP contribution in [-0.4, -0.2) is 43.0 Å². The third kappa shape index (κ3) is 5.07. The molecule has 5 heteroatoms. The molecule has 0 atom stereocenters. The van der Waals surface area contributed by atoms with Gasteiger partial charge in [-0.15, -0.1) is 0 Å². The molecule has 3 aliphatic rings. The number of hydrogen-bond acceptors (Lipinski definition) is 3. The monoisotopic (exact) mass is 454 g/mol. The normalized spacial score (nSPS) is 24.7. The van der Waals surface area contributed by atoms with Crippen molar-refractivity contribution >= 4 is 11.8 Å². The van der Waals surface area contributed by atoms with Crippen LogP contribution >= 0.6 is 0 Å². The third-order valence-corrected chi connectivity index (χ3v) is 8.36. The molecule has 4 rings (SSSR count). The Labute approximate surface area is 199 Å². The number of ether oxygens (including phenoxy) is 1. The predicted octanol–water partition coefficient (Wildman–Crippen LogP) is 5.17. The lowest BCUT2D eigenvalue weighted by molar-refractivity contribution is -0.143. The van der Waals surface area contributed by atoms with Gasteiger partial charge in [0.2, 0.25) is 11.8 Å². The number of amides is 2. The number of nitrogens with zero attached hydrogens (tertiary/aromatic N) is 1. The number of nitrogens with one attached hydrogen (secondary N) is 1. The van der Waals surface area contributed by atoms with Crippen LogP contribution in [-0.2, 0) is 15.0 Å². The van der Waals surface area contributed by atoms with Gasteiger partial charge in [0.05, 0.1) is 7.11 Å². The smallest absolute Gasteiger partial charge is 0.225 e. The maximum atomic E-state index is 13.0. The molecule has 2 aliphatic carbocycles. The fraction of sp³-hybridized carbons (Fsp3) is 0.714. The number of likely N-dealkylation sites (tertiary alicyclic amines) is 1. The SMILES string of the molecule is CCCC(=O)N[C@H]1C[C@@H](C(=O)N2CCC3(CC2)CC(c2cc(C(C)(C)C)ccc2OC)C3)C1. The van der Waals surface area contributed by atoms with Gasteiger partial charge < -0.3 is 15.0 Å². The van der Waals surface area contributed by atoms with E-state index in [1.807, 2.05) is 6.92 Å². The lowest BCUT2D eigenvalue weighted by Crippen LogP contribution is -2.53. The Morgan fingerprint density at radius 2 is 1.82 bits per heavy atom. The van der Waals surface area contributed by atoms with Crippen molar-refractivity contribution in [1.29, 1.82) is 0 Å². The topological polar surface area (TPSA) is 58.6 Å². The van der Waals surface area contributed by atoms with Gasteiger partial charge in [-0.3, -0.25) is 9.59 Å². The van der Waals surface area contributed by atoms with Crippen molar-refractivity contribution in [3.63, 3.8) is 0 Å². The minimum Gasteiger partial charge on any atom is -0.496 e. The van der Waals surface area contributed by atoms with E-state index in [-0.39, 0.29) is 23.3 Å². The summed E-state index contributed by atoms with van der Waals surface area (Å²) in [5.41, 5.74) is 3.25. The van der Waals surface area contributed by atoms with Crippen LogP contribution < -0.4 is 10.1 Å². The first-order valence-electron chi connectivity index (χ1n) is 12.9. The molecular weight excluding hydrogens is 412 g/mol. The van der Waals surface area contributed by atoms with Crippen molar-refractivity contribution < 1.29 is 14.3 Å².